The maximum absolute atomic E-state index is 14.0. The maximum atomic E-state index is 14.0. The zero-order valence-electron chi connectivity index (χ0n) is 23.4. The molecule has 0 spiro atoms. The van der Waals surface area contributed by atoms with Gasteiger partial charge in [-0.3, -0.25) is 14.4 Å². The van der Waals surface area contributed by atoms with Gasteiger partial charge in [0.05, 0.1) is 0 Å². The molecule has 0 saturated heterocycles. The molecular weight excluding hydrogens is 476 g/mol. The topological polar surface area (TPSA) is 151 Å². The average Bonchev–Trinajstić information content (AvgIpc) is 2.74. The summed E-state index contributed by atoms with van der Waals surface area (Å²) in [5.74, 6) is -1.51. The first kappa shape index (κ1) is 31.7. The fourth-order valence-corrected chi connectivity index (χ4v) is 3.97. The third kappa shape index (κ3) is 10.3. The predicted octanol–water partition coefficient (Wildman–Crippen LogP) is 3.44. The van der Waals surface area contributed by atoms with Gasteiger partial charge in [-0.25, -0.2) is 4.79 Å². The van der Waals surface area contributed by atoms with E-state index in [0.29, 0.717) is 11.1 Å². The Hall–Kier alpha value is -3.30. The van der Waals surface area contributed by atoms with Crippen molar-refractivity contribution >= 4 is 23.8 Å². The molecule has 37 heavy (non-hydrogen) atoms. The van der Waals surface area contributed by atoms with Gasteiger partial charge < -0.3 is 31.1 Å². The molecule has 10 heteroatoms. The number of nitrogens with zero attached hydrogens (tertiary/aromatic N) is 1. The van der Waals surface area contributed by atoms with Crippen molar-refractivity contribution in [2.75, 3.05) is 0 Å². The molecule has 3 atom stereocenters. The van der Waals surface area contributed by atoms with E-state index in [1.165, 1.54) is 11.0 Å². The first-order valence-electron chi connectivity index (χ1n) is 12.8. The highest BCUT2D eigenvalue weighted by Crippen LogP contribution is 2.29. The molecule has 0 heterocycles. The number of phenols is 1. The molecule has 1 rings (SSSR count). The molecule has 0 bridgehead atoms. The summed E-state index contributed by atoms with van der Waals surface area (Å²) in [6.45, 7) is 14.2. The molecule has 0 aromatic heterocycles. The van der Waals surface area contributed by atoms with E-state index in [1.807, 2.05) is 13.8 Å². The molecule has 5 N–H and O–H groups in total. The Labute approximate surface area is 220 Å². The van der Waals surface area contributed by atoms with E-state index < -0.39 is 41.6 Å². The van der Waals surface area contributed by atoms with Gasteiger partial charge in [0.15, 0.2) is 0 Å². The second-order valence-electron chi connectivity index (χ2n) is 10.7. The molecule has 0 aliphatic heterocycles. The number of aromatic hydroxyl groups is 1. The van der Waals surface area contributed by atoms with Crippen molar-refractivity contribution in [1.82, 2.24) is 15.5 Å². The van der Waals surface area contributed by atoms with Crippen LogP contribution in [0.3, 0.4) is 0 Å². The molecule has 3 unspecified atom stereocenters. The molecule has 4 amide bonds. The monoisotopic (exact) mass is 520 g/mol. The van der Waals surface area contributed by atoms with Gasteiger partial charge in [-0.1, -0.05) is 19.4 Å². The summed E-state index contributed by atoms with van der Waals surface area (Å²) in [4.78, 5) is 53.0. The number of ether oxygens (including phenoxy) is 1. The van der Waals surface area contributed by atoms with Gasteiger partial charge in [0.2, 0.25) is 17.7 Å². The van der Waals surface area contributed by atoms with Crippen LogP contribution in [0.5, 0.6) is 5.75 Å². The second kappa shape index (κ2) is 13.9. The smallest absolute Gasteiger partial charge is 0.408 e. The van der Waals surface area contributed by atoms with Gasteiger partial charge in [0, 0.05) is 18.5 Å². The molecule has 0 fully saturated rings. The molecule has 0 saturated carbocycles. The Morgan fingerprint density at radius 3 is 2.19 bits per heavy atom. The van der Waals surface area contributed by atoms with Crippen LogP contribution in [0.2, 0.25) is 0 Å². The molecule has 1 aromatic rings. The lowest BCUT2D eigenvalue weighted by molar-refractivity contribution is -0.145. The minimum absolute atomic E-state index is 0.0637. The van der Waals surface area contributed by atoms with Crippen molar-refractivity contribution < 1.29 is 29.0 Å². The summed E-state index contributed by atoms with van der Waals surface area (Å²) in [5.41, 5.74) is 5.57. The molecule has 10 nitrogen and oxygen atoms in total. The highest BCUT2D eigenvalue weighted by molar-refractivity contribution is 5.92. The van der Waals surface area contributed by atoms with Crippen molar-refractivity contribution in [3.8, 4) is 5.75 Å². The Kier molecular flexibility index (Phi) is 11.9. The molecule has 208 valence electrons. The third-order valence-electron chi connectivity index (χ3n) is 5.65. The van der Waals surface area contributed by atoms with Crippen LogP contribution in [0.4, 0.5) is 4.79 Å². The number of rotatable bonds is 12. The van der Waals surface area contributed by atoms with Gasteiger partial charge in [0.25, 0.3) is 0 Å². The van der Waals surface area contributed by atoms with Crippen LogP contribution < -0.4 is 16.4 Å². The number of nitrogens with one attached hydrogen (secondary N) is 2. The summed E-state index contributed by atoms with van der Waals surface area (Å²) in [7, 11) is 0. The zero-order valence-corrected chi connectivity index (χ0v) is 23.4. The average molecular weight is 521 g/mol. The molecular formula is C27H44N4O6. The fourth-order valence-electron chi connectivity index (χ4n) is 3.97. The quantitative estimate of drug-likeness (QED) is 0.331. The summed E-state index contributed by atoms with van der Waals surface area (Å²) in [5, 5.41) is 15.6. The standard InChI is InChI=1S/C27H44N4O6/c1-9-10-18(5)29-24(34)23(19-11-13-21(32)17(4)15-19)31(16(2)3)25(35)20(12-14-22(28)33)30-26(36)37-27(6,7)8/h11,13,15-16,18,20,23,32H,9-10,12,14H2,1-8H3,(H2,28,33)(H,29,34)(H,30,36). The Morgan fingerprint density at radius 1 is 1.08 bits per heavy atom. The van der Waals surface area contributed by atoms with Crippen LogP contribution in [-0.2, 0) is 19.1 Å². The lowest BCUT2D eigenvalue weighted by atomic mass is 9.97. The summed E-state index contributed by atoms with van der Waals surface area (Å²) in [6, 6.07) is 1.93. The van der Waals surface area contributed by atoms with E-state index in [9.17, 15) is 24.3 Å². The zero-order chi connectivity index (χ0) is 28.5. The molecule has 0 radical (unpaired) electrons. The summed E-state index contributed by atoms with van der Waals surface area (Å²) >= 11 is 0. The van der Waals surface area contributed by atoms with E-state index in [2.05, 4.69) is 10.6 Å². The SMILES string of the molecule is CCCC(C)NC(=O)C(c1ccc(O)c(C)c1)N(C(=O)C(CCC(N)=O)NC(=O)OC(C)(C)C)C(C)C. The molecule has 0 aliphatic carbocycles. The Bertz CT molecular complexity index is 957. The number of nitrogens with two attached hydrogens (primary N) is 1. The lowest BCUT2D eigenvalue weighted by Crippen LogP contribution is -2.55. The third-order valence-corrected chi connectivity index (χ3v) is 5.65. The number of alkyl carbamates (subject to hydrolysis) is 1. The van der Waals surface area contributed by atoms with Crippen molar-refractivity contribution in [3.05, 3.63) is 29.3 Å². The lowest BCUT2D eigenvalue weighted by Gasteiger charge is -2.37. The normalized spacial score (nSPS) is 13.9. The molecule has 0 aliphatic rings. The number of benzene rings is 1. The van der Waals surface area contributed by atoms with E-state index in [1.54, 1.807) is 53.7 Å². The highest BCUT2D eigenvalue weighted by atomic mass is 16.6. The van der Waals surface area contributed by atoms with Gasteiger partial charge in [-0.15, -0.1) is 0 Å². The molecule has 1 aromatic carbocycles. The number of hydrogen-bond donors (Lipinski definition) is 4. The van der Waals surface area contributed by atoms with Gasteiger partial charge in [0.1, 0.15) is 23.4 Å². The maximum Gasteiger partial charge on any atom is 0.408 e. The van der Waals surface area contributed by atoms with Crippen LogP contribution in [0.15, 0.2) is 18.2 Å². The number of carbonyl (C=O) groups excluding carboxylic acids is 4. The Balaban J connectivity index is 3.52. The number of phenolic OH excluding ortho intramolecular Hbond substituents is 1. The second-order valence-corrected chi connectivity index (χ2v) is 10.7. The van der Waals surface area contributed by atoms with Crippen LogP contribution in [-0.4, -0.2) is 57.5 Å². The van der Waals surface area contributed by atoms with E-state index >= 15 is 0 Å². The van der Waals surface area contributed by atoms with Crippen LogP contribution in [0, 0.1) is 6.92 Å². The number of amides is 4. The van der Waals surface area contributed by atoms with Crippen molar-refractivity contribution in [2.45, 2.75) is 111 Å². The number of aryl methyl sites for hydroxylation is 1. The van der Waals surface area contributed by atoms with Crippen LogP contribution in [0.1, 0.15) is 91.3 Å². The van der Waals surface area contributed by atoms with Gasteiger partial charge >= 0.3 is 6.09 Å². The summed E-state index contributed by atoms with van der Waals surface area (Å²) in [6.07, 6.45) is 0.584. The first-order valence-corrected chi connectivity index (χ1v) is 12.8. The predicted molar refractivity (Wildman–Crippen MR) is 142 cm³/mol. The van der Waals surface area contributed by atoms with Crippen LogP contribution >= 0.6 is 0 Å². The number of primary amides is 1. The van der Waals surface area contributed by atoms with Crippen LogP contribution in [0.25, 0.3) is 0 Å². The minimum Gasteiger partial charge on any atom is -0.508 e. The number of carbonyl (C=O) groups is 4. The van der Waals surface area contributed by atoms with Crippen molar-refractivity contribution in [3.63, 3.8) is 0 Å². The number of hydrogen-bond acceptors (Lipinski definition) is 6. The van der Waals surface area contributed by atoms with Gasteiger partial charge in [-0.05, 0) is 84.6 Å². The minimum atomic E-state index is -1.16. The highest BCUT2D eigenvalue weighted by Gasteiger charge is 2.38. The van der Waals surface area contributed by atoms with E-state index in [4.69, 9.17) is 10.5 Å². The van der Waals surface area contributed by atoms with Crippen molar-refractivity contribution in [2.24, 2.45) is 5.73 Å². The van der Waals surface area contributed by atoms with Crippen molar-refractivity contribution in [1.29, 1.82) is 0 Å². The van der Waals surface area contributed by atoms with E-state index in [-0.39, 0.29) is 30.5 Å². The Morgan fingerprint density at radius 2 is 1.70 bits per heavy atom. The first-order chi connectivity index (χ1) is 17.1. The fraction of sp³-hybridized carbons (Fsp3) is 0.630. The van der Waals surface area contributed by atoms with Gasteiger partial charge in [-0.2, -0.15) is 0 Å². The summed E-state index contributed by atoms with van der Waals surface area (Å²) < 4.78 is 5.32. The largest absolute Gasteiger partial charge is 0.508 e. The van der Waals surface area contributed by atoms with E-state index in [0.717, 1.165) is 12.8 Å².